The SMILES string of the molecule is C[C@]12CC[C@H](OC(=O)OCCN3CCOCC3)C[C@@]1(O)CC[C@@H]1[C@@H]2CC[C@]2(C)[C@@H](c3ccc(=O)oc3)CC[C@]12O. The molecule has 5 fully saturated rings. The highest BCUT2D eigenvalue weighted by molar-refractivity contribution is 5.60. The topological polar surface area (TPSA) is 119 Å². The van der Waals surface area contributed by atoms with Crippen LogP contribution < -0.4 is 5.63 Å². The van der Waals surface area contributed by atoms with Crippen LogP contribution in [0.5, 0.6) is 0 Å². The summed E-state index contributed by atoms with van der Waals surface area (Å²) in [6.07, 6.45) is 7.08. The number of rotatable bonds is 5. The van der Waals surface area contributed by atoms with Gasteiger partial charge in [0.05, 0.1) is 30.7 Å². The fourth-order valence-electron chi connectivity index (χ4n) is 9.63. The Labute approximate surface area is 236 Å². The van der Waals surface area contributed by atoms with E-state index < -0.39 is 17.4 Å². The van der Waals surface area contributed by atoms with E-state index in [9.17, 15) is 19.8 Å². The van der Waals surface area contributed by atoms with Crippen molar-refractivity contribution in [1.82, 2.24) is 4.90 Å². The van der Waals surface area contributed by atoms with Crippen molar-refractivity contribution in [2.45, 2.75) is 94.9 Å². The minimum atomic E-state index is -0.948. The van der Waals surface area contributed by atoms with E-state index in [-0.39, 0.29) is 46.9 Å². The molecule has 5 aliphatic rings. The van der Waals surface area contributed by atoms with Crippen molar-refractivity contribution in [3.63, 3.8) is 0 Å². The molecule has 0 spiro atoms. The first-order valence-electron chi connectivity index (χ1n) is 15.3. The van der Waals surface area contributed by atoms with E-state index in [2.05, 4.69) is 18.7 Å². The number of morpholine rings is 1. The first kappa shape index (κ1) is 28.2. The monoisotopic (exact) mass is 559 g/mol. The molecule has 1 saturated heterocycles. The van der Waals surface area contributed by atoms with Crippen molar-refractivity contribution < 1.29 is 33.6 Å². The average Bonchev–Trinajstić information content (AvgIpc) is 3.21. The molecule has 40 heavy (non-hydrogen) atoms. The number of fused-ring (bicyclic) bond motifs is 5. The van der Waals surface area contributed by atoms with Gasteiger partial charge in [-0.2, -0.15) is 0 Å². The molecule has 1 aromatic rings. The smallest absolute Gasteiger partial charge is 0.433 e. The molecule has 1 aliphatic heterocycles. The van der Waals surface area contributed by atoms with Crippen molar-refractivity contribution in [3.8, 4) is 0 Å². The molecule has 4 aliphatic carbocycles. The second-order valence-electron chi connectivity index (χ2n) is 13.6. The predicted molar refractivity (Wildman–Crippen MR) is 146 cm³/mol. The second-order valence-corrected chi connectivity index (χ2v) is 13.6. The molecule has 4 saturated carbocycles. The Morgan fingerprint density at radius 1 is 1.00 bits per heavy atom. The predicted octanol–water partition coefficient (Wildman–Crippen LogP) is 3.85. The summed E-state index contributed by atoms with van der Waals surface area (Å²) < 4.78 is 21.6. The maximum absolute atomic E-state index is 12.5. The molecule has 1 aromatic heterocycles. The summed E-state index contributed by atoms with van der Waals surface area (Å²) in [6.45, 7) is 8.45. The number of hydrogen-bond acceptors (Lipinski definition) is 9. The Hall–Kier alpha value is -1.94. The third-order valence-electron chi connectivity index (χ3n) is 12.1. The zero-order chi connectivity index (χ0) is 28.2. The summed E-state index contributed by atoms with van der Waals surface area (Å²) in [7, 11) is 0. The van der Waals surface area contributed by atoms with Crippen molar-refractivity contribution in [3.05, 3.63) is 34.4 Å². The first-order chi connectivity index (χ1) is 19.1. The van der Waals surface area contributed by atoms with Crippen LogP contribution in [0.15, 0.2) is 27.6 Å². The van der Waals surface area contributed by atoms with Gasteiger partial charge in [0.15, 0.2) is 0 Å². The fourth-order valence-corrected chi connectivity index (χ4v) is 9.63. The van der Waals surface area contributed by atoms with Crippen LogP contribution in [0, 0.1) is 22.7 Å². The quantitative estimate of drug-likeness (QED) is 0.519. The summed E-state index contributed by atoms with van der Waals surface area (Å²) >= 11 is 0. The van der Waals surface area contributed by atoms with Crippen molar-refractivity contribution >= 4 is 6.16 Å². The highest BCUT2D eigenvalue weighted by atomic mass is 16.7. The summed E-state index contributed by atoms with van der Waals surface area (Å²) in [6, 6.07) is 3.33. The fraction of sp³-hybridized carbons (Fsp3) is 0.806. The highest BCUT2D eigenvalue weighted by Gasteiger charge is 2.70. The lowest BCUT2D eigenvalue weighted by molar-refractivity contribution is -0.254. The van der Waals surface area contributed by atoms with E-state index in [0.29, 0.717) is 45.4 Å². The lowest BCUT2D eigenvalue weighted by Crippen LogP contribution is -2.67. The van der Waals surface area contributed by atoms with Gasteiger partial charge in [-0.15, -0.1) is 0 Å². The van der Waals surface area contributed by atoms with Crippen LogP contribution in [0.4, 0.5) is 4.79 Å². The van der Waals surface area contributed by atoms with Crippen LogP contribution in [0.1, 0.15) is 83.1 Å². The van der Waals surface area contributed by atoms with Crippen LogP contribution in [0.3, 0.4) is 0 Å². The lowest BCUT2D eigenvalue weighted by Gasteiger charge is -2.66. The third-order valence-corrected chi connectivity index (χ3v) is 12.1. The molecule has 0 amide bonds. The molecular formula is C31H45NO8. The van der Waals surface area contributed by atoms with Crippen LogP contribution in [0.25, 0.3) is 0 Å². The van der Waals surface area contributed by atoms with E-state index in [1.165, 1.54) is 6.07 Å². The standard InChI is InChI=1S/C31H45NO8/c1-28-9-5-22(40-27(34)38-18-15-32-13-16-37-17-14-32)19-30(28,35)11-7-25-24(28)6-10-29(2)23(8-12-31(25,29)36)21-3-4-26(33)39-20-21/h3-4,20,22-25,35-36H,5-19H2,1-2H3/t22-,23+,24-,25+,28+,29+,30-,31-/m0/s1. The molecule has 0 aromatic carbocycles. The minimum Gasteiger partial charge on any atom is -0.433 e. The molecule has 9 heteroatoms. The van der Waals surface area contributed by atoms with Gasteiger partial charge in [-0.25, -0.2) is 9.59 Å². The minimum absolute atomic E-state index is 0.0971. The number of ether oxygens (including phenoxy) is 3. The van der Waals surface area contributed by atoms with Crippen molar-refractivity contribution in [2.24, 2.45) is 22.7 Å². The Bertz CT molecular complexity index is 1130. The molecule has 2 N–H and O–H groups in total. The van der Waals surface area contributed by atoms with Gasteiger partial charge in [0.2, 0.25) is 0 Å². The number of nitrogens with zero attached hydrogens (tertiary/aromatic N) is 1. The van der Waals surface area contributed by atoms with Gasteiger partial charge in [0.1, 0.15) is 12.7 Å². The lowest BCUT2D eigenvalue weighted by atomic mass is 9.42. The Morgan fingerprint density at radius 2 is 1.75 bits per heavy atom. The summed E-state index contributed by atoms with van der Waals surface area (Å²) in [5.74, 6) is 0.424. The normalized spacial score (nSPS) is 43.3. The van der Waals surface area contributed by atoms with E-state index in [1.54, 1.807) is 6.26 Å². The van der Waals surface area contributed by atoms with E-state index in [0.717, 1.165) is 50.8 Å². The van der Waals surface area contributed by atoms with E-state index in [4.69, 9.17) is 18.6 Å². The highest BCUT2D eigenvalue weighted by Crippen LogP contribution is 2.71. The van der Waals surface area contributed by atoms with Crippen LogP contribution in [-0.4, -0.2) is 78.0 Å². The molecule has 8 atom stereocenters. The van der Waals surface area contributed by atoms with E-state index >= 15 is 0 Å². The summed E-state index contributed by atoms with van der Waals surface area (Å²) in [5.41, 5.74) is -1.82. The molecule has 6 rings (SSSR count). The van der Waals surface area contributed by atoms with Crippen LogP contribution in [-0.2, 0) is 14.2 Å². The first-order valence-corrected chi connectivity index (χ1v) is 15.3. The van der Waals surface area contributed by atoms with Gasteiger partial charge in [-0.05, 0) is 86.2 Å². The van der Waals surface area contributed by atoms with Crippen LogP contribution in [0.2, 0.25) is 0 Å². The Balaban J connectivity index is 1.11. The maximum Gasteiger partial charge on any atom is 0.508 e. The van der Waals surface area contributed by atoms with Crippen LogP contribution >= 0.6 is 0 Å². The maximum atomic E-state index is 12.5. The van der Waals surface area contributed by atoms with E-state index in [1.807, 2.05) is 6.07 Å². The van der Waals surface area contributed by atoms with Gasteiger partial charge in [0, 0.05) is 37.5 Å². The number of carbonyl (C=O) groups is 1. The molecule has 0 radical (unpaired) electrons. The molecular weight excluding hydrogens is 514 g/mol. The number of carbonyl (C=O) groups excluding carboxylic acids is 1. The van der Waals surface area contributed by atoms with Crippen molar-refractivity contribution in [2.75, 3.05) is 39.5 Å². The zero-order valence-corrected chi connectivity index (χ0v) is 23.9. The molecule has 222 valence electrons. The molecule has 0 unspecified atom stereocenters. The average molecular weight is 560 g/mol. The van der Waals surface area contributed by atoms with Gasteiger partial charge < -0.3 is 28.8 Å². The summed E-state index contributed by atoms with van der Waals surface area (Å²) in [5, 5.41) is 24.5. The molecule has 0 bridgehead atoms. The largest absolute Gasteiger partial charge is 0.508 e. The molecule has 9 nitrogen and oxygen atoms in total. The summed E-state index contributed by atoms with van der Waals surface area (Å²) in [4.78, 5) is 26.2. The van der Waals surface area contributed by atoms with Gasteiger partial charge in [-0.3, -0.25) is 4.90 Å². The Kier molecular flexibility index (Phi) is 7.33. The van der Waals surface area contributed by atoms with Gasteiger partial charge >= 0.3 is 11.8 Å². The number of hydrogen-bond donors (Lipinski definition) is 2. The second kappa shape index (κ2) is 10.4. The third kappa shape index (κ3) is 4.52. The van der Waals surface area contributed by atoms with Gasteiger partial charge in [-0.1, -0.05) is 13.8 Å². The Morgan fingerprint density at radius 3 is 2.50 bits per heavy atom. The molecule has 2 heterocycles. The van der Waals surface area contributed by atoms with Crippen molar-refractivity contribution in [1.29, 1.82) is 0 Å². The zero-order valence-electron chi connectivity index (χ0n) is 23.9. The van der Waals surface area contributed by atoms with Gasteiger partial charge in [0.25, 0.3) is 0 Å². The number of aliphatic hydroxyl groups is 2.